The highest BCUT2D eigenvalue weighted by Gasteiger charge is 2.28. The highest BCUT2D eigenvalue weighted by molar-refractivity contribution is 6.32. The molecule has 1 saturated carbocycles. The van der Waals surface area contributed by atoms with Crippen molar-refractivity contribution in [2.24, 2.45) is 0 Å². The van der Waals surface area contributed by atoms with Crippen molar-refractivity contribution in [1.29, 1.82) is 5.26 Å². The molecule has 23 heavy (non-hydrogen) atoms. The number of benzene rings is 1. The fraction of sp³-hybridized carbons (Fsp3) is 0.333. The van der Waals surface area contributed by atoms with Crippen molar-refractivity contribution in [1.82, 2.24) is 4.57 Å². The molecule has 2 aromatic rings. The fourth-order valence-electron chi connectivity index (χ4n) is 2.86. The number of nitriles is 1. The summed E-state index contributed by atoms with van der Waals surface area (Å²) in [5.41, 5.74) is 3.29. The van der Waals surface area contributed by atoms with Gasteiger partial charge < -0.3 is 9.30 Å². The number of hydrogen-bond donors (Lipinski definition) is 0. The summed E-state index contributed by atoms with van der Waals surface area (Å²) in [5, 5.41) is 9.16. The summed E-state index contributed by atoms with van der Waals surface area (Å²) in [6.45, 7) is 3.94. The molecule has 0 bridgehead atoms. The summed E-state index contributed by atoms with van der Waals surface area (Å²) in [4.78, 5) is 12.4. The third kappa shape index (κ3) is 3.11. The summed E-state index contributed by atoms with van der Waals surface area (Å²) < 4.78 is 7.77. The number of carbonyl (C=O) groups is 1. The van der Waals surface area contributed by atoms with Gasteiger partial charge in [0.15, 0.2) is 6.61 Å². The molecule has 5 heteroatoms. The Bertz CT molecular complexity index is 813. The number of halogens is 1. The first-order chi connectivity index (χ1) is 11.0. The van der Waals surface area contributed by atoms with Crippen LogP contribution < -0.4 is 4.74 Å². The zero-order valence-corrected chi connectivity index (χ0v) is 13.9. The van der Waals surface area contributed by atoms with E-state index in [0.717, 1.165) is 11.4 Å². The average molecular weight is 329 g/mol. The van der Waals surface area contributed by atoms with E-state index in [-0.39, 0.29) is 12.4 Å². The molecule has 1 heterocycles. The number of aromatic nitrogens is 1. The molecule has 0 radical (unpaired) electrons. The number of nitrogens with zero attached hydrogens (tertiary/aromatic N) is 2. The molecule has 0 amide bonds. The second-order valence-electron chi connectivity index (χ2n) is 5.85. The summed E-state index contributed by atoms with van der Waals surface area (Å²) in [5.74, 6) is 0.348. The molecular weight excluding hydrogens is 312 g/mol. The van der Waals surface area contributed by atoms with E-state index in [2.05, 4.69) is 4.57 Å². The Morgan fingerprint density at radius 1 is 1.39 bits per heavy atom. The van der Waals surface area contributed by atoms with Gasteiger partial charge in [-0.2, -0.15) is 5.26 Å². The van der Waals surface area contributed by atoms with E-state index >= 15 is 0 Å². The van der Waals surface area contributed by atoms with Crippen LogP contribution in [0.3, 0.4) is 0 Å². The maximum Gasteiger partial charge on any atom is 0.202 e. The van der Waals surface area contributed by atoms with Crippen molar-refractivity contribution in [3.8, 4) is 11.8 Å². The number of Topliss-reactive ketones (excluding diaryl/α,β-unsaturated/α-hetero) is 1. The SMILES string of the molecule is Cc1cc(C(=O)COc2ccc(C#N)cc2Cl)c(C)n1C1CC1. The van der Waals surface area contributed by atoms with Crippen LogP contribution in [0.2, 0.25) is 5.02 Å². The predicted octanol–water partition coefficient (Wildman–Crippen LogP) is 4.23. The van der Waals surface area contributed by atoms with Crippen LogP contribution in [-0.4, -0.2) is 17.0 Å². The maximum atomic E-state index is 12.4. The number of hydrogen-bond acceptors (Lipinski definition) is 3. The Morgan fingerprint density at radius 3 is 2.74 bits per heavy atom. The highest BCUT2D eigenvalue weighted by atomic mass is 35.5. The number of ether oxygens (including phenoxy) is 1. The standard InChI is InChI=1S/C18H17ClN2O2/c1-11-7-15(12(2)21(11)14-4-5-14)17(22)10-23-18-6-3-13(9-20)8-16(18)19/h3,6-8,14H,4-5,10H2,1-2H3. The molecule has 118 valence electrons. The maximum absolute atomic E-state index is 12.4. The quantitative estimate of drug-likeness (QED) is 0.772. The third-order valence-corrected chi connectivity index (χ3v) is 4.41. The lowest BCUT2D eigenvalue weighted by atomic mass is 10.1. The first kappa shape index (κ1) is 15.6. The van der Waals surface area contributed by atoms with Gasteiger partial charge in [0.1, 0.15) is 5.75 Å². The normalized spacial score (nSPS) is 13.7. The molecule has 1 aliphatic rings. The molecule has 0 saturated heterocycles. The predicted molar refractivity (Wildman–Crippen MR) is 88.2 cm³/mol. The van der Waals surface area contributed by atoms with Gasteiger partial charge in [-0.3, -0.25) is 4.79 Å². The first-order valence-electron chi connectivity index (χ1n) is 7.55. The summed E-state index contributed by atoms with van der Waals surface area (Å²) in [7, 11) is 0. The Balaban J connectivity index is 1.73. The van der Waals surface area contributed by atoms with Crippen LogP contribution in [0.1, 0.15) is 46.2 Å². The monoisotopic (exact) mass is 328 g/mol. The largest absolute Gasteiger partial charge is 0.484 e. The van der Waals surface area contributed by atoms with Crippen molar-refractivity contribution < 1.29 is 9.53 Å². The first-order valence-corrected chi connectivity index (χ1v) is 7.93. The van der Waals surface area contributed by atoms with Crippen molar-refractivity contribution >= 4 is 17.4 Å². The smallest absolute Gasteiger partial charge is 0.202 e. The van der Waals surface area contributed by atoms with Gasteiger partial charge >= 0.3 is 0 Å². The van der Waals surface area contributed by atoms with E-state index in [1.165, 1.54) is 18.9 Å². The van der Waals surface area contributed by atoms with Crippen LogP contribution >= 0.6 is 11.6 Å². The molecule has 0 atom stereocenters. The zero-order valence-electron chi connectivity index (χ0n) is 13.1. The zero-order chi connectivity index (χ0) is 16.6. The van der Waals surface area contributed by atoms with Gasteiger partial charge in [-0.05, 0) is 51.0 Å². The molecule has 0 N–H and O–H groups in total. The van der Waals surface area contributed by atoms with E-state index in [4.69, 9.17) is 21.6 Å². The molecule has 0 spiro atoms. The fourth-order valence-corrected chi connectivity index (χ4v) is 3.10. The van der Waals surface area contributed by atoms with Gasteiger partial charge in [0.25, 0.3) is 0 Å². The van der Waals surface area contributed by atoms with Gasteiger partial charge in [0.05, 0.1) is 16.7 Å². The van der Waals surface area contributed by atoms with Crippen LogP contribution in [0.4, 0.5) is 0 Å². The molecule has 1 fully saturated rings. The Morgan fingerprint density at radius 2 is 2.13 bits per heavy atom. The van der Waals surface area contributed by atoms with Crippen molar-refractivity contribution in [3.63, 3.8) is 0 Å². The van der Waals surface area contributed by atoms with E-state index in [0.29, 0.717) is 27.9 Å². The molecule has 1 aromatic heterocycles. The van der Waals surface area contributed by atoms with E-state index < -0.39 is 0 Å². The second-order valence-corrected chi connectivity index (χ2v) is 6.26. The molecule has 1 aromatic carbocycles. The van der Waals surface area contributed by atoms with Crippen molar-refractivity contribution in [3.05, 3.63) is 51.8 Å². The lowest BCUT2D eigenvalue weighted by Crippen LogP contribution is -2.13. The highest BCUT2D eigenvalue weighted by Crippen LogP contribution is 2.38. The van der Waals surface area contributed by atoms with Crippen LogP contribution in [-0.2, 0) is 0 Å². The number of aryl methyl sites for hydroxylation is 1. The van der Waals surface area contributed by atoms with Crippen molar-refractivity contribution in [2.75, 3.05) is 6.61 Å². The van der Waals surface area contributed by atoms with E-state index in [9.17, 15) is 4.79 Å². The number of ketones is 1. The van der Waals surface area contributed by atoms with E-state index in [1.807, 2.05) is 26.0 Å². The van der Waals surface area contributed by atoms with Crippen LogP contribution in [0, 0.1) is 25.2 Å². The molecule has 4 nitrogen and oxygen atoms in total. The second kappa shape index (κ2) is 6.10. The van der Waals surface area contributed by atoms with Gasteiger partial charge in [0.2, 0.25) is 5.78 Å². The van der Waals surface area contributed by atoms with Gasteiger partial charge in [0, 0.05) is 23.0 Å². The molecule has 3 rings (SSSR count). The van der Waals surface area contributed by atoms with Gasteiger partial charge in [-0.25, -0.2) is 0 Å². The lowest BCUT2D eigenvalue weighted by molar-refractivity contribution is 0.0921. The Hall–Kier alpha value is -2.25. The Kier molecular flexibility index (Phi) is 4.14. The third-order valence-electron chi connectivity index (χ3n) is 4.12. The number of carbonyl (C=O) groups excluding carboxylic acids is 1. The van der Waals surface area contributed by atoms with Gasteiger partial charge in [-0.15, -0.1) is 0 Å². The molecule has 0 unspecified atom stereocenters. The molecule has 0 aliphatic heterocycles. The summed E-state index contributed by atoms with van der Waals surface area (Å²) in [6.07, 6.45) is 2.36. The minimum Gasteiger partial charge on any atom is -0.484 e. The van der Waals surface area contributed by atoms with Gasteiger partial charge in [-0.1, -0.05) is 11.6 Å². The number of rotatable bonds is 5. The lowest BCUT2D eigenvalue weighted by Gasteiger charge is -2.09. The van der Waals surface area contributed by atoms with E-state index in [1.54, 1.807) is 12.1 Å². The van der Waals surface area contributed by atoms with Crippen LogP contribution in [0.5, 0.6) is 5.75 Å². The summed E-state index contributed by atoms with van der Waals surface area (Å²) in [6, 6.07) is 9.24. The van der Waals surface area contributed by atoms with Crippen LogP contribution in [0.25, 0.3) is 0 Å². The molecular formula is C18H17ClN2O2. The molecule has 1 aliphatic carbocycles. The topological polar surface area (TPSA) is 55.0 Å². The Labute approximate surface area is 140 Å². The average Bonchev–Trinajstić information content (AvgIpc) is 3.31. The minimum atomic E-state index is -0.0689. The summed E-state index contributed by atoms with van der Waals surface area (Å²) >= 11 is 6.06. The minimum absolute atomic E-state index is 0.0644. The van der Waals surface area contributed by atoms with Crippen LogP contribution in [0.15, 0.2) is 24.3 Å². The van der Waals surface area contributed by atoms with Crippen molar-refractivity contribution in [2.45, 2.75) is 32.7 Å².